The molecule has 1 saturated heterocycles. The maximum absolute atomic E-state index is 11.9. The molecule has 0 unspecified atom stereocenters. The van der Waals surface area contributed by atoms with Gasteiger partial charge in [-0.1, -0.05) is 19.1 Å². The number of nitrogens with zero attached hydrogens (tertiary/aromatic N) is 1. The van der Waals surface area contributed by atoms with E-state index in [2.05, 4.69) is 4.90 Å². The molecule has 0 bridgehead atoms. The summed E-state index contributed by atoms with van der Waals surface area (Å²) in [5, 5.41) is 0. The number of hydrogen-bond acceptors (Lipinski definition) is 3. The van der Waals surface area contributed by atoms with E-state index in [4.69, 9.17) is 5.73 Å². The molecule has 1 aliphatic heterocycles. The van der Waals surface area contributed by atoms with Crippen molar-refractivity contribution in [2.45, 2.75) is 32.2 Å². The maximum Gasteiger partial charge on any atom is 0.164 e. The van der Waals surface area contributed by atoms with Crippen molar-refractivity contribution in [1.82, 2.24) is 0 Å². The number of anilines is 1. The van der Waals surface area contributed by atoms with Gasteiger partial charge in [0.05, 0.1) is 0 Å². The van der Waals surface area contributed by atoms with Crippen LogP contribution in [-0.4, -0.2) is 24.9 Å². The third-order valence-electron chi connectivity index (χ3n) is 3.41. The summed E-state index contributed by atoms with van der Waals surface area (Å²) in [7, 11) is 0. The quantitative estimate of drug-likeness (QED) is 0.813. The Morgan fingerprint density at radius 3 is 2.65 bits per heavy atom. The first-order valence-electron chi connectivity index (χ1n) is 6.35. The normalized spacial score (nSPS) is 17.2. The number of ketones is 1. The fraction of sp³-hybridized carbons (Fsp3) is 0.500. The van der Waals surface area contributed by atoms with Crippen molar-refractivity contribution >= 4 is 11.5 Å². The van der Waals surface area contributed by atoms with Gasteiger partial charge in [0.1, 0.15) is 0 Å². The zero-order chi connectivity index (χ0) is 12.3. The van der Waals surface area contributed by atoms with Crippen LogP contribution in [0.3, 0.4) is 0 Å². The van der Waals surface area contributed by atoms with Crippen LogP contribution in [0.5, 0.6) is 0 Å². The predicted molar refractivity (Wildman–Crippen MR) is 70.5 cm³/mol. The van der Waals surface area contributed by atoms with Gasteiger partial charge in [0.2, 0.25) is 0 Å². The molecule has 0 saturated carbocycles. The largest absolute Gasteiger partial charge is 0.371 e. The molecule has 0 spiro atoms. The third-order valence-corrected chi connectivity index (χ3v) is 3.41. The lowest BCUT2D eigenvalue weighted by Gasteiger charge is -2.33. The summed E-state index contributed by atoms with van der Waals surface area (Å²) in [6.07, 6.45) is 2.58. The molecule has 0 aromatic heterocycles. The summed E-state index contributed by atoms with van der Waals surface area (Å²) in [5.74, 6) is 0.218. The number of benzene rings is 1. The standard InChI is InChI=1S/C14H20N2O/c1-2-14(17)12-5-3-4-6-13(12)16-9-7-11(15)8-10-16/h3-6,11H,2,7-10,15H2,1H3. The van der Waals surface area contributed by atoms with Gasteiger partial charge in [0.15, 0.2) is 5.78 Å². The minimum atomic E-state index is 0.218. The highest BCUT2D eigenvalue weighted by atomic mass is 16.1. The van der Waals surface area contributed by atoms with Crippen LogP contribution in [0.25, 0.3) is 0 Å². The number of Topliss-reactive ketones (excluding diaryl/α,β-unsaturated/α-hetero) is 1. The topological polar surface area (TPSA) is 46.3 Å². The predicted octanol–water partition coefficient (Wildman–Crippen LogP) is 2.21. The summed E-state index contributed by atoms with van der Waals surface area (Å²) in [4.78, 5) is 14.2. The molecule has 3 heteroatoms. The second-order valence-electron chi connectivity index (χ2n) is 4.62. The summed E-state index contributed by atoms with van der Waals surface area (Å²) in [6, 6.07) is 8.22. The molecule has 3 nitrogen and oxygen atoms in total. The Bertz CT molecular complexity index is 395. The van der Waals surface area contributed by atoms with Crippen LogP contribution in [-0.2, 0) is 0 Å². The molecule has 0 atom stereocenters. The van der Waals surface area contributed by atoms with Gasteiger partial charge in [-0.2, -0.15) is 0 Å². The Balaban J connectivity index is 2.23. The van der Waals surface area contributed by atoms with Crippen molar-refractivity contribution in [3.8, 4) is 0 Å². The molecule has 17 heavy (non-hydrogen) atoms. The van der Waals surface area contributed by atoms with Gasteiger partial charge >= 0.3 is 0 Å². The average Bonchev–Trinajstić information content (AvgIpc) is 2.39. The second kappa shape index (κ2) is 5.32. The van der Waals surface area contributed by atoms with Crippen molar-refractivity contribution in [3.63, 3.8) is 0 Å². The molecule has 2 rings (SSSR count). The Hall–Kier alpha value is -1.35. The number of nitrogens with two attached hydrogens (primary N) is 1. The molecular weight excluding hydrogens is 212 g/mol. The van der Waals surface area contributed by atoms with E-state index < -0.39 is 0 Å². The minimum absolute atomic E-state index is 0.218. The van der Waals surface area contributed by atoms with Crippen LogP contribution in [0.2, 0.25) is 0 Å². The van der Waals surface area contributed by atoms with Gasteiger partial charge in [0.25, 0.3) is 0 Å². The Morgan fingerprint density at radius 1 is 1.35 bits per heavy atom. The van der Waals surface area contributed by atoms with Crippen LogP contribution >= 0.6 is 0 Å². The Labute approximate surface area is 103 Å². The number of hydrogen-bond donors (Lipinski definition) is 1. The second-order valence-corrected chi connectivity index (χ2v) is 4.62. The van der Waals surface area contributed by atoms with Crippen molar-refractivity contribution in [1.29, 1.82) is 0 Å². The molecule has 92 valence electrons. The first-order valence-corrected chi connectivity index (χ1v) is 6.35. The lowest BCUT2D eigenvalue weighted by Crippen LogP contribution is -2.40. The molecular formula is C14H20N2O. The smallest absolute Gasteiger partial charge is 0.164 e. The molecule has 1 fully saturated rings. The first-order chi connectivity index (χ1) is 8.22. The van der Waals surface area contributed by atoms with Gasteiger partial charge in [0, 0.05) is 36.8 Å². The number of piperidine rings is 1. The lowest BCUT2D eigenvalue weighted by atomic mass is 10.0. The first kappa shape index (κ1) is 12.1. The number of carbonyl (C=O) groups is 1. The van der Waals surface area contributed by atoms with Crippen LogP contribution in [0, 0.1) is 0 Å². The number of carbonyl (C=O) groups excluding carboxylic acids is 1. The fourth-order valence-corrected chi connectivity index (χ4v) is 2.32. The van der Waals surface area contributed by atoms with Gasteiger partial charge in [-0.25, -0.2) is 0 Å². The van der Waals surface area contributed by atoms with Gasteiger partial charge < -0.3 is 10.6 Å². The highest BCUT2D eigenvalue weighted by molar-refractivity contribution is 6.01. The van der Waals surface area contributed by atoms with E-state index in [1.807, 2.05) is 31.2 Å². The third kappa shape index (κ3) is 2.67. The highest BCUT2D eigenvalue weighted by Crippen LogP contribution is 2.24. The summed E-state index contributed by atoms with van der Waals surface area (Å²) in [5.41, 5.74) is 7.83. The zero-order valence-corrected chi connectivity index (χ0v) is 10.4. The summed E-state index contributed by atoms with van der Waals surface area (Å²) >= 11 is 0. The SMILES string of the molecule is CCC(=O)c1ccccc1N1CCC(N)CC1. The van der Waals surface area contributed by atoms with E-state index in [1.54, 1.807) is 0 Å². The van der Waals surface area contributed by atoms with Gasteiger partial charge in [-0.3, -0.25) is 4.79 Å². The van der Waals surface area contributed by atoms with Crippen LogP contribution in [0.1, 0.15) is 36.5 Å². The Kier molecular flexibility index (Phi) is 3.79. The molecule has 1 heterocycles. The monoisotopic (exact) mass is 232 g/mol. The molecule has 1 aromatic rings. The van der Waals surface area contributed by atoms with Crippen molar-refractivity contribution in [3.05, 3.63) is 29.8 Å². The van der Waals surface area contributed by atoms with Crippen molar-refractivity contribution < 1.29 is 4.79 Å². The van der Waals surface area contributed by atoms with E-state index in [9.17, 15) is 4.79 Å². The Morgan fingerprint density at radius 2 is 2.00 bits per heavy atom. The van der Waals surface area contributed by atoms with Crippen molar-refractivity contribution in [2.24, 2.45) is 5.73 Å². The van der Waals surface area contributed by atoms with Crippen molar-refractivity contribution in [2.75, 3.05) is 18.0 Å². The number of rotatable bonds is 3. The molecule has 0 aliphatic carbocycles. The molecule has 2 N–H and O–H groups in total. The fourth-order valence-electron chi connectivity index (χ4n) is 2.32. The molecule has 0 amide bonds. The van der Waals surface area contributed by atoms with E-state index in [0.29, 0.717) is 12.5 Å². The highest BCUT2D eigenvalue weighted by Gasteiger charge is 2.19. The van der Waals surface area contributed by atoms with E-state index in [0.717, 1.165) is 37.2 Å². The lowest BCUT2D eigenvalue weighted by molar-refractivity contribution is 0.0988. The van der Waals surface area contributed by atoms with E-state index in [1.165, 1.54) is 0 Å². The molecule has 1 aromatic carbocycles. The van der Waals surface area contributed by atoms with Gasteiger partial charge in [-0.05, 0) is 25.0 Å². The van der Waals surface area contributed by atoms with E-state index in [-0.39, 0.29) is 5.78 Å². The molecule has 0 radical (unpaired) electrons. The van der Waals surface area contributed by atoms with Crippen LogP contribution in [0.15, 0.2) is 24.3 Å². The van der Waals surface area contributed by atoms with E-state index >= 15 is 0 Å². The van der Waals surface area contributed by atoms with Crippen LogP contribution < -0.4 is 10.6 Å². The summed E-state index contributed by atoms with van der Waals surface area (Å²) < 4.78 is 0. The zero-order valence-electron chi connectivity index (χ0n) is 10.4. The maximum atomic E-state index is 11.9. The number of para-hydroxylation sites is 1. The summed E-state index contributed by atoms with van der Waals surface area (Å²) in [6.45, 7) is 3.82. The average molecular weight is 232 g/mol. The molecule has 1 aliphatic rings. The minimum Gasteiger partial charge on any atom is -0.371 e. The van der Waals surface area contributed by atoms with Gasteiger partial charge in [-0.15, -0.1) is 0 Å². The van der Waals surface area contributed by atoms with Crippen LogP contribution in [0.4, 0.5) is 5.69 Å².